The second-order valence-corrected chi connectivity index (χ2v) is 6.19. The Morgan fingerprint density at radius 1 is 1.39 bits per heavy atom. The Balaban J connectivity index is 2.33. The first-order chi connectivity index (χ1) is 8.63. The fourth-order valence-electron chi connectivity index (χ4n) is 2.83. The van der Waals surface area contributed by atoms with Gasteiger partial charge in [0.25, 0.3) is 0 Å². The summed E-state index contributed by atoms with van der Waals surface area (Å²) in [4.78, 5) is 2.63. The van der Waals surface area contributed by atoms with Gasteiger partial charge in [-0.15, -0.1) is 0 Å². The highest BCUT2D eigenvalue weighted by Crippen LogP contribution is 2.25. The van der Waals surface area contributed by atoms with E-state index in [1.807, 2.05) is 7.11 Å². The highest BCUT2D eigenvalue weighted by molar-refractivity contribution is 4.84. The lowest BCUT2D eigenvalue weighted by Crippen LogP contribution is -2.41. The van der Waals surface area contributed by atoms with Crippen molar-refractivity contribution in [2.45, 2.75) is 40.0 Å². The maximum absolute atomic E-state index is 5.27. The van der Waals surface area contributed by atoms with Crippen LogP contribution in [0.15, 0.2) is 0 Å². The maximum atomic E-state index is 5.27. The summed E-state index contributed by atoms with van der Waals surface area (Å²) in [5, 5.41) is 3.59. The molecule has 2 atom stereocenters. The molecule has 0 bridgehead atoms. The van der Waals surface area contributed by atoms with Crippen LogP contribution in [0.2, 0.25) is 0 Å². The molecule has 1 aliphatic rings. The minimum atomic E-state index is 0.414. The minimum Gasteiger partial charge on any atom is -0.384 e. The molecule has 1 fully saturated rings. The van der Waals surface area contributed by atoms with Crippen molar-refractivity contribution in [3.8, 4) is 0 Å². The topological polar surface area (TPSA) is 24.5 Å². The van der Waals surface area contributed by atoms with Crippen molar-refractivity contribution in [1.82, 2.24) is 10.2 Å². The van der Waals surface area contributed by atoms with Crippen LogP contribution in [0, 0.1) is 11.3 Å². The van der Waals surface area contributed by atoms with Gasteiger partial charge in [0.15, 0.2) is 0 Å². The molecule has 0 saturated carbocycles. The smallest absolute Gasteiger partial charge is 0.0503 e. The standard InChI is InChI=1S/C15H32N2O/c1-5-8-16-12-15(3,6-2)13-17-9-7-14(10-17)11-18-4/h14,16H,5-13H2,1-4H3. The Bertz CT molecular complexity index is 223. The third-order valence-corrected chi connectivity index (χ3v) is 4.21. The molecule has 0 aromatic carbocycles. The lowest BCUT2D eigenvalue weighted by molar-refractivity contribution is 0.140. The summed E-state index contributed by atoms with van der Waals surface area (Å²) in [7, 11) is 1.81. The molecular formula is C15H32N2O. The second-order valence-electron chi connectivity index (χ2n) is 6.19. The third-order valence-electron chi connectivity index (χ3n) is 4.21. The number of ether oxygens (including phenoxy) is 1. The zero-order valence-corrected chi connectivity index (χ0v) is 12.8. The molecule has 3 heteroatoms. The fourth-order valence-corrected chi connectivity index (χ4v) is 2.83. The Labute approximate surface area is 113 Å². The van der Waals surface area contributed by atoms with Crippen molar-refractivity contribution in [1.29, 1.82) is 0 Å². The number of nitrogens with one attached hydrogen (secondary N) is 1. The third kappa shape index (κ3) is 5.25. The predicted octanol–water partition coefficient (Wildman–Crippen LogP) is 2.37. The molecule has 1 aliphatic heterocycles. The Kier molecular flexibility index (Phi) is 7.20. The SMILES string of the molecule is CCCNCC(C)(CC)CN1CCC(COC)C1. The molecule has 0 radical (unpaired) electrons. The van der Waals surface area contributed by atoms with E-state index >= 15 is 0 Å². The van der Waals surface area contributed by atoms with E-state index in [-0.39, 0.29) is 0 Å². The summed E-state index contributed by atoms with van der Waals surface area (Å²) >= 11 is 0. The average Bonchev–Trinajstić information content (AvgIpc) is 2.77. The molecule has 1 heterocycles. The lowest BCUT2D eigenvalue weighted by atomic mass is 9.86. The van der Waals surface area contributed by atoms with Gasteiger partial charge in [0.05, 0.1) is 6.61 Å². The molecule has 0 spiro atoms. The first-order valence-electron chi connectivity index (χ1n) is 7.55. The molecule has 0 aromatic rings. The first kappa shape index (κ1) is 15.9. The summed E-state index contributed by atoms with van der Waals surface area (Å²) in [5.74, 6) is 0.750. The van der Waals surface area contributed by atoms with E-state index in [0.717, 1.165) is 25.6 Å². The van der Waals surface area contributed by atoms with Crippen LogP contribution in [0.3, 0.4) is 0 Å². The molecule has 18 heavy (non-hydrogen) atoms. The van der Waals surface area contributed by atoms with Crippen LogP contribution >= 0.6 is 0 Å². The largest absolute Gasteiger partial charge is 0.384 e. The zero-order valence-electron chi connectivity index (χ0n) is 12.8. The summed E-state index contributed by atoms with van der Waals surface area (Å²) in [6.45, 7) is 13.9. The van der Waals surface area contributed by atoms with Gasteiger partial charge < -0.3 is 15.0 Å². The zero-order chi connectivity index (χ0) is 13.4. The Morgan fingerprint density at radius 2 is 2.17 bits per heavy atom. The number of hydrogen-bond donors (Lipinski definition) is 1. The van der Waals surface area contributed by atoms with Gasteiger partial charge in [0.1, 0.15) is 0 Å². The molecule has 0 aliphatic carbocycles. The molecule has 1 N–H and O–H groups in total. The van der Waals surface area contributed by atoms with Gasteiger partial charge in [-0.2, -0.15) is 0 Å². The van der Waals surface area contributed by atoms with Crippen LogP contribution in [0.25, 0.3) is 0 Å². The van der Waals surface area contributed by atoms with Gasteiger partial charge in [-0.05, 0) is 43.7 Å². The Morgan fingerprint density at radius 3 is 2.78 bits per heavy atom. The number of rotatable bonds is 9. The van der Waals surface area contributed by atoms with Gasteiger partial charge in [-0.1, -0.05) is 20.8 Å². The first-order valence-corrected chi connectivity index (χ1v) is 7.55. The van der Waals surface area contributed by atoms with E-state index in [1.54, 1.807) is 0 Å². The van der Waals surface area contributed by atoms with Crippen LogP contribution in [0.1, 0.15) is 40.0 Å². The van der Waals surface area contributed by atoms with Gasteiger partial charge in [0.2, 0.25) is 0 Å². The number of nitrogens with zero attached hydrogens (tertiary/aromatic N) is 1. The van der Waals surface area contributed by atoms with Crippen LogP contribution in [0.4, 0.5) is 0 Å². The summed E-state index contributed by atoms with van der Waals surface area (Å²) in [6, 6.07) is 0. The van der Waals surface area contributed by atoms with Gasteiger partial charge in [-0.25, -0.2) is 0 Å². The maximum Gasteiger partial charge on any atom is 0.0503 e. The van der Waals surface area contributed by atoms with E-state index < -0.39 is 0 Å². The monoisotopic (exact) mass is 256 g/mol. The predicted molar refractivity (Wildman–Crippen MR) is 78.0 cm³/mol. The molecule has 3 nitrogen and oxygen atoms in total. The van der Waals surface area contributed by atoms with Crippen molar-refractivity contribution in [3.63, 3.8) is 0 Å². The number of hydrogen-bond acceptors (Lipinski definition) is 3. The molecule has 1 saturated heterocycles. The second kappa shape index (κ2) is 8.13. The van der Waals surface area contributed by atoms with E-state index in [0.29, 0.717) is 5.41 Å². The highest BCUT2D eigenvalue weighted by Gasteiger charge is 2.29. The van der Waals surface area contributed by atoms with E-state index in [2.05, 4.69) is 31.0 Å². The molecule has 0 amide bonds. The van der Waals surface area contributed by atoms with Crippen molar-refractivity contribution >= 4 is 0 Å². The van der Waals surface area contributed by atoms with Crippen molar-refractivity contribution in [2.24, 2.45) is 11.3 Å². The summed E-state index contributed by atoms with van der Waals surface area (Å²) in [5.41, 5.74) is 0.414. The molecule has 2 unspecified atom stereocenters. The van der Waals surface area contributed by atoms with Crippen molar-refractivity contribution in [3.05, 3.63) is 0 Å². The minimum absolute atomic E-state index is 0.414. The number of methoxy groups -OCH3 is 1. The molecule has 1 rings (SSSR count). The van der Waals surface area contributed by atoms with Crippen LogP contribution in [0.5, 0.6) is 0 Å². The van der Waals surface area contributed by atoms with Crippen molar-refractivity contribution in [2.75, 3.05) is 46.4 Å². The average molecular weight is 256 g/mol. The molecule has 108 valence electrons. The molecule has 0 aromatic heterocycles. The summed E-state index contributed by atoms with van der Waals surface area (Å²) < 4.78 is 5.27. The van der Waals surface area contributed by atoms with E-state index in [4.69, 9.17) is 4.74 Å². The normalized spacial score (nSPS) is 24.3. The Hall–Kier alpha value is -0.120. The van der Waals surface area contributed by atoms with Gasteiger partial charge in [-0.3, -0.25) is 0 Å². The quantitative estimate of drug-likeness (QED) is 0.641. The fraction of sp³-hybridized carbons (Fsp3) is 1.00. The van der Waals surface area contributed by atoms with E-state index in [9.17, 15) is 0 Å². The van der Waals surface area contributed by atoms with E-state index in [1.165, 1.54) is 38.9 Å². The highest BCUT2D eigenvalue weighted by atomic mass is 16.5. The van der Waals surface area contributed by atoms with Gasteiger partial charge in [0, 0.05) is 26.7 Å². The van der Waals surface area contributed by atoms with Crippen LogP contribution in [-0.2, 0) is 4.74 Å². The van der Waals surface area contributed by atoms with Gasteiger partial charge >= 0.3 is 0 Å². The number of likely N-dealkylation sites (tertiary alicyclic amines) is 1. The van der Waals surface area contributed by atoms with Crippen molar-refractivity contribution < 1.29 is 4.74 Å². The molecular weight excluding hydrogens is 224 g/mol. The summed E-state index contributed by atoms with van der Waals surface area (Å²) in [6.07, 6.45) is 3.77. The van der Waals surface area contributed by atoms with Crippen LogP contribution in [-0.4, -0.2) is 51.3 Å². The lowest BCUT2D eigenvalue weighted by Gasteiger charge is -2.33. The van der Waals surface area contributed by atoms with Crippen LogP contribution < -0.4 is 5.32 Å².